The Morgan fingerprint density at radius 3 is 3.07 bits per heavy atom. The molecule has 14 heavy (non-hydrogen) atoms. The van der Waals surface area contributed by atoms with Crippen molar-refractivity contribution >= 4 is 0 Å². The van der Waals surface area contributed by atoms with Gasteiger partial charge in [0.15, 0.2) is 0 Å². The summed E-state index contributed by atoms with van der Waals surface area (Å²) in [7, 11) is 0. The van der Waals surface area contributed by atoms with E-state index in [1.54, 1.807) is 6.26 Å². The number of aromatic amines is 1. The average molecular weight is 191 g/mol. The fraction of sp³-hybridized carbons (Fsp3) is 0.300. The van der Waals surface area contributed by atoms with Crippen LogP contribution in [0, 0.1) is 6.92 Å². The van der Waals surface area contributed by atoms with E-state index in [-0.39, 0.29) is 0 Å². The molecule has 2 N–H and O–H groups in total. The Balaban J connectivity index is 1.81. The molecule has 2 aromatic heterocycles. The maximum atomic E-state index is 5.30. The van der Waals surface area contributed by atoms with Crippen LogP contribution in [0.1, 0.15) is 16.9 Å². The van der Waals surface area contributed by atoms with Gasteiger partial charge < -0.3 is 9.73 Å². The van der Waals surface area contributed by atoms with Crippen molar-refractivity contribution in [2.24, 2.45) is 0 Å². The topological polar surface area (TPSA) is 53.9 Å². The molecule has 4 nitrogen and oxygen atoms in total. The number of furan rings is 1. The molecule has 2 heterocycles. The normalized spacial score (nSPS) is 10.6. The van der Waals surface area contributed by atoms with E-state index in [1.165, 1.54) is 5.56 Å². The molecule has 0 bridgehead atoms. The lowest BCUT2D eigenvalue weighted by Crippen LogP contribution is -2.12. The highest BCUT2D eigenvalue weighted by Gasteiger charge is 2.00. The quantitative estimate of drug-likeness (QED) is 0.771. The Morgan fingerprint density at radius 2 is 2.43 bits per heavy atom. The number of hydrogen-bond donors (Lipinski definition) is 2. The number of nitrogens with one attached hydrogen (secondary N) is 2. The first-order chi connectivity index (χ1) is 6.86. The lowest BCUT2D eigenvalue weighted by molar-refractivity contribution is 0.480. The molecule has 0 aliphatic rings. The summed E-state index contributed by atoms with van der Waals surface area (Å²) in [5.74, 6) is 0.994. The first kappa shape index (κ1) is 9.02. The molecule has 2 rings (SSSR count). The van der Waals surface area contributed by atoms with Gasteiger partial charge in [-0.3, -0.25) is 5.10 Å². The smallest absolute Gasteiger partial charge is 0.120 e. The van der Waals surface area contributed by atoms with Gasteiger partial charge in [-0.05, 0) is 18.6 Å². The summed E-state index contributed by atoms with van der Waals surface area (Å²) in [6.45, 7) is 3.60. The molecule has 0 radical (unpaired) electrons. The highest BCUT2D eigenvalue weighted by atomic mass is 16.3. The minimum absolute atomic E-state index is 0.754. The number of nitrogens with zero attached hydrogens (tertiary/aromatic N) is 1. The number of hydrogen-bond acceptors (Lipinski definition) is 3. The van der Waals surface area contributed by atoms with Crippen LogP contribution in [0.4, 0.5) is 0 Å². The molecule has 0 atom stereocenters. The second-order valence-electron chi connectivity index (χ2n) is 3.24. The summed E-state index contributed by atoms with van der Waals surface area (Å²) < 4.78 is 5.30. The summed E-state index contributed by atoms with van der Waals surface area (Å²) in [4.78, 5) is 0. The molecule has 0 aromatic carbocycles. The van der Waals surface area contributed by atoms with Crippen LogP contribution in [-0.4, -0.2) is 10.2 Å². The van der Waals surface area contributed by atoms with E-state index in [1.807, 2.05) is 25.4 Å². The van der Waals surface area contributed by atoms with Crippen LogP contribution in [-0.2, 0) is 13.1 Å². The Hall–Kier alpha value is -1.55. The van der Waals surface area contributed by atoms with Crippen LogP contribution < -0.4 is 5.32 Å². The molecule has 0 spiro atoms. The summed E-state index contributed by atoms with van der Waals surface area (Å²) in [5.41, 5.74) is 2.33. The van der Waals surface area contributed by atoms with Gasteiger partial charge in [-0.1, -0.05) is 0 Å². The molecule has 0 aliphatic carbocycles. The van der Waals surface area contributed by atoms with Crippen LogP contribution in [0.2, 0.25) is 0 Å². The predicted octanol–water partition coefficient (Wildman–Crippen LogP) is 1.60. The van der Waals surface area contributed by atoms with Crippen LogP contribution in [0.15, 0.2) is 29.1 Å². The molecule has 0 saturated heterocycles. The van der Waals surface area contributed by atoms with Crippen molar-refractivity contribution < 1.29 is 4.42 Å². The van der Waals surface area contributed by atoms with E-state index in [9.17, 15) is 0 Å². The Kier molecular flexibility index (Phi) is 2.65. The minimum atomic E-state index is 0.754. The lowest BCUT2D eigenvalue weighted by atomic mass is 10.3. The summed E-state index contributed by atoms with van der Waals surface area (Å²) in [6, 6.07) is 1.97. The van der Waals surface area contributed by atoms with Gasteiger partial charge in [-0.15, -0.1) is 0 Å². The fourth-order valence-corrected chi connectivity index (χ4v) is 1.28. The largest absolute Gasteiger partial charge is 0.468 e. The molecule has 2 aromatic rings. The second kappa shape index (κ2) is 4.11. The van der Waals surface area contributed by atoms with Crippen molar-refractivity contribution in [2.45, 2.75) is 20.0 Å². The summed E-state index contributed by atoms with van der Waals surface area (Å²) in [5, 5.41) is 9.92. The molecule has 74 valence electrons. The molecular weight excluding hydrogens is 178 g/mol. The molecule has 0 aliphatic heterocycles. The van der Waals surface area contributed by atoms with E-state index < -0.39 is 0 Å². The molecule has 0 fully saturated rings. The Labute approximate surface area is 82.3 Å². The molecular formula is C10H13N3O. The van der Waals surface area contributed by atoms with Crippen LogP contribution in [0.3, 0.4) is 0 Å². The van der Waals surface area contributed by atoms with Crippen molar-refractivity contribution in [3.05, 3.63) is 41.6 Å². The van der Waals surface area contributed by atoms with Crippen LogP contribution in [0.5, 0.6) is 0 Å². The zero-order valence-electron chi connectivity index (χ0n) is 8.08. The maximum Gasteiger partial charge on any atom is 0.120 e. The zero-order chi connectivity index (χ0) is 9.80. The highest BCUT2D eigenvalue weighted by molar-refractivity contribution is 5.14. The van der Waals surface area contributed by atoms with Gasteiger partial charge in [-0.2, -0.15) is 5.10 Å². The standard InChI is InChI=1S/C10H13N3O/c1-8-2-3-14-10(8)7-11-4-9-5-12-13-6-9/h2-3,5-6,11H,4,7H2,1H3,(H,12,13). The monoisotopic (exact) mass is 191 g/mol. The van der Waals surface area contributed by atoms with E-state index in [0.29, 0.717) is 0 Å². The van der Waals surface area contributed by atoms with E-state index in [2.05, 4.69) is 15.5 Å². The van der Waals surface area contributed by atoms with Gasteiger partial charge in [0, 0.05) is 18.3 Å². The van der Waals surface area contributed by atoms with Crippen molar-refractivity contribution in [3.63, 3.8) is 0 Å². The Bertz CT molecular complexity index is 378. The third-order valence-corrected chi connectivity index (χ3v) is 2.14. The number of rotatable bonds is 4. The number of H-pyrrole nitrogens is 1. The maximum absolute atomic E-state index is 5.30. The van der Waals surface area contributed by atoms with Gasteiger partial charge in [0.25, 0.3) is 0 Å². The predicted molar refractivity (Wildman–Crippen MR) is 52.6 cm³/mol. The number of aryl methyl sites for hydroxylation is 1. The van der Waals surface area contributed by atoms with E-state index in [0.717, 1.165) is 24.4 Å². The van der Waals surface area contributed by atoms with Crippen LogP contribution >= 0.6 is 0 Å². The molecule has 4 heteroatoms. The molecule has 0 saturated carbocycles. The van der Waals surface area contributed by atoms with Crippen molar-refractivity contribution in [1.29, 1.82) is 0 Å². The van der Waals surface area contributed by atoms with Gasteiger partial charge in [0.05, 0.1) is 19.0 Å². The fourth-order valence-electron chi connectivity index (χ4n) is 1.28. The number of aromatic nitrogens is 2. The third-order valence-electron chi connectivity index (χ3n) is 2.14. The summed E-state index contributed by atoms with van der Waals surface area (Å²) >= 11 is 0. The SMILES string of the molecule is Cc1ccoc1CNCc1cn[nH]c1. The average Bonchev–Trinajstić information content (AvgIpc) is 2.78. The van der Waals surface area contributed by atoms with Crippen LogP contribution in [0.25, 0.3) is 0 Å². The third kappa shape index (κ3) is 2.03. The lowest BCUT2D eigenvalue weighted by Gasteiger charge is -2.00. The van der Waals surface area contributed by atoms with Gasteiger partial charge in [0.1, 0.15) is 5.76 Å². The van der Waals surface area contributed by atoms with Gasteiger partial charge in [0.2, 0.25) is 0 Å². The van der Waals surface area contributed by atoms with Gasteiger partial charge in [-0.25, -0.2) is 0 Å². The van der Waals surface area contributed by atoms with Crippen molar-refractivity contribution in [1.82, 2.24) is 15.5 Å². The highest BCUT2D eigenvalue weighted by Crippen LogP contribution is 2.08. The Morgan fingerprint density at radius 1 is 1.50 bits per heavy atom. The van der Waals surface area contributed by atoms with E-state index >= 15 is 0 Å². The first-order valence-electron chi connectivity index (χ1n) is 4.57. The van der Waals surface area contributed by atoms with Gasteiger partial charge >= 0.3 is 0 Å². The molecule has 0 amide bonds. The van der Waals surface area contributed by atoms with Crippen molar-refractivity contribution in [3.8, 4) is 0 Å². The van der Waals surface area contributed by atoms with E-state index in [4.69, 9.17) is 4.42 Å². The zero-order valence-corrected chi connectivity index (χ0v) is 8.08. The first-order valence-corrected chi connectivity index (χ1v) is 4.57. The summed E-state index contributed by atoms with van der Waals surface area (Å²) in [6.07, 6.45) is 5.40. The second-order valence-corrected chi connectivity index (χ2v) is 3.24. The minimum Gasteiger partial charge on any atom is -0.468 e. The van der Waals surface area contributed by atoms with Crippen molar-refractivity contribution in [2.75, 3.05) is 0 Å². The molecule has 0 unspecified atom stereocenters.